The predicted molar refractivity (Wildman–Crippen MR) is 105 cm³/mol. The number of ether oxygens (including phenoxy) is 2. The fourth-order valence-corrected chi connectivity index (χ4v) is 2.43. The van der Waals surface area contributed by atoms with Crippen molar-refractivity contribution in [1.82, 2.24) is 4.90 Å². The van der Waals surface area contributed by atoms with Gasteiger partial charge in [0.1, 0.15) is 12.4 Å². The number of hydrogen-bond donors (Lipinski definition) is 1. The number of anilines is 1. The number of hydrogen-bond acceptors (Lipinski definition) is 4. The van der Waals surface area contributed by atoms with Crippen molar-refractivity contribution in [3.05, 3.63) is 59.7 Å². The van der Waals surface area contributed by atoms with Gasteiger partial charge in [-0.2, -0.15) is 0 Å². The number of amides is 2. The van der Waals surface area contributed by atoms with Crippen LogP contribution in [0.15, 0.2) is 48.5 Å². The number of benzene rings is 2. The van der Waals surface area contributed by atoms with E-state index in [0.717, 1.165) is 5.56 Å². The molecule has 2 amide bonds. The van der Waals surface area contributed by atoms with Gasteiger partial charge in [0.15, 0.2) is 0 Å². The standard InChI is InChI=1S/C21H26N2O4/c1-23(2)20(24)12-7-16-5-4-6-18(15-16)22-21(25)17-8-10-19(11-9-17)27-14-13-26-3/h4-6,8-11,15H,7,12-14H2,1-3H3,(H,22,25). The number of methoxy groups -OCH3 is 1. The van der Waals surface area contributed by atoms with Crippen LogP contribution in [0.2, 0.25) is 0 Å². The highest BCUT2D eigenvalue weighted by molar-refractivity contribution is 6.04. The fourth-order valence-electron chi connectivity index (χ4n) is 2.43. The molecule has 2 aromatic rings. The quantitative estimate of drug-likeness (QED) is 0.689. The van der Waals surface area contributed by atoms with E-state index in [1.165, 1.54) is 0 Å². The molecule has 0 fully saturated rings. The van der Waals surface area contributed by atoms with E-state index in [-0.39, 0.29) is 11.8 Å². The Balaban J connectivity index is 1.93. The third-order valence-electron chi connectivity index (χ3n) is 3.98. The zero-order valence-corrected chi connectivity index (χ0v) is 16.0. The number of carbonyl (C=O) groups is 2. The van der Waals surface area contributed by atoms with E-state index >= 15 is 0 Å². The predicted octanol–water partition coefficient (Wildman–Crippen LogP) is 2.98. The summed E-state index contributed by atoms with van der Waals surface area (Å²) in [4.78, 5) is 25.7. The van der Waals surface area contributed by atoms with Gasteiger partial charge in [0.05, 0.1) is 6.61 Å². The first-order valence-corrected chi connectivity index (χ1v) is 8.82. The summed E-state index contributed by atoms with van der Waals surface area (Å²) >= 11 is 0. The van der Waals surface area contributed by atoms with Gasteiger partial charge < -0.3 is 19.7 Å². The molecule has 0 saturated heterocycles. The van der Waals surface area contributed by atoms with Gasteiger partial charge >= 0.3 is 0 Å². The van der Waals surface area contributed by atoms with Crippen LogP contribution in [-0.2, 0) is 16.0 Å². The maximum atomic E-state index is 12.4. The molecule has 0 atom stereocenters. The SMILES string of the molecule is COCCOc1ccc(C(=O)Nc2cccc(CCC(=O)N(C)C)c2)cc1. The molecular weight excluding hydrogens is 344 g/mol. The zero-order chi connectivity index (χ0) is 19.6. The minimum atomic E-state index is -0.194. The molecule has 6 heteroatoms. The minimum absolute atomic E-state index is 0.0808. The van der Waals surface area contributed by atoms with Gasteiger partial charge in [-0.1, -0.05) is 12.1 Å². The van der Waals surface area contributed by atoms with Gasteiger partial charge in [-0.3, -0.25) is 9.59 Å². The minimum Gasteiger partial charge on any atom is -0.491 e. The third-order valence-corrected chi connectivity index (χ3v) is 3.98. The van der Waals surface area contributed by atoms with Crippen molar-refractivity contribution in [2.45, 2.75) is 12.8 Å². The molecule has 0 radical (unpaired) electrons. The van der Waals surface area contributed by atoms with Crippen LogP contribution in [0.5, 0.6) is 5.75 Å². The Bertz CT molecular complexity index is 757. The average Bonchev–Trinajstić information content (AvgIpc) is 2.67. The zero-order valence-electron chi connectivity index (χ0n) is 16.0. The van der Waals surface area contributed by atoms with Crippen LogP contribution in [0, 0.1) is 0 Å². The van der Waals surface area contributed by atoms with E-state index < -0.39 is 0 Å². The van der Waals surface area contributed by atoms with Crippen molar-refractivity contribution >= 4 is 17.5 Å². The molecule has 0 heterocycles. The fraction of sp³-hybridized carbons (Fsp3) is 0.333. The summed E-state index contributed by atoms with van der Waals surface area (Å²) in [6, 6.07) is 14.5. The number of nitrogens with one attached hydrogen (secondary N) is 1. The van der Waals surface area contributed by atoms with Crippen LogP contribution in [0.3, 0.4) is 0 Å². The molecule has 6 nitrogen and oxygen atoms in total. The van der Waals surface area contributed by atoms with Crippen molar-refractivity contribution in [2.75, 3.05) is 39.7 Å². The first kappa shape index (κ1) is 20.5. The topological polar surface area (TPSA) is 67.9 Å². The summed E-state index contributed by atoms with van der Waals surface area (Å²) in [5.74, 6) is 0.577. The summed E-state index contributed by atoms with van der Waals surface area (Å²) in [5, 5.41) is 2.89. The molecule has 0 unspecified atom stereocenters. The van der Waals surface area contributed by atoms with Gasteiger partial charge in [0, 0.05) is 38.9 Å². The Kier molecular flexibility index (Phi) is 7.82. The second-order valence-electron chi connectivity index (χ2n) is 6.31. The Morgan fingerprint density at radius 3 is 2.44 bits per heavy atom. The number of carbonyl (C=O) groups excluding carboxylic acids is 2. The van der Waals surface area contributed by atoms with E-state index in [1.807, 2.05) is 24.3 Å². The van der Waals surface area contributed by atoms with E-state index in [9.17, 15) is 9.59 Å². The van der Waals surface area contributed by atoms with Crippen LogP contribution >= 0.6 is 0 Å². The van der Waals surface area contributed by atoms with Crippen LogP contribution in [0.25, 0.3) is 0 Å². The summed E-state index contributed by atoms with van der Waals surface area (Å²) in [7, 11) is 5.10. The second-order valence-corrected chi connectivity index (χ2v) is 6.31. The molecular formula is C21H26N2O4. The summed E-state index contributed by atoms with van der Waals surface area (Å²) in [6.07, 6.45) is 1.07. The van der Waals surface area contributed by atoms with Crippen molar-refractivity contribution in [1.29, 1.82) is 0 Å². The highest BCUT2D eigenvalue weighted by atomic mass is 16.5. The lowest BCUT2D eigenvalue weighted by molar-refractivity contribution is -0.128. The summed E-state index contributed by atoms with van der Waals surface area (Å²) in [6.45, 7) is 0.976. The maximum absolute atomic E-state index is 12.4. The Labute approximate surface area is 160 Å². The maximum Gasteiger partial charge on any atom is 0.255 e. The lowest BCUT2D eigenvalue weighted by Crippen LogP contribution is -2.21. The van der Waals surface area contributed by atoms with Crippen LogP contribution in [0.4, 0.5) is 5.69 Å². The summed E-state index contributed by atoms with van der Waals surface area (Å²) < 4.78 is 10.4. The highest BCUT2D eigenvalue weighted by Gasteiger charge is 2.08. The van der Waals surface area contributed by atoms with Gasteiger partial charge in [0.2, 0.25) is 5.91 Å². The van der Waals surface area contributed by atoms with Crippen molar-refractivity contribution in [3.63, 3.8) is 0 Å². The Morgan fingerprint density at radius 1 is 1.04 bits per heavy atom. The molecule has 0 saturated carbocycles. The second kappa shape index (κ2) is 10.3. The first-order valence-electron chi connectivity index (χ1n) is 8.82. The van der Waals surface area contributed by atoms with Gasteiger partial charge in [-0.15, -0.1) is 0 Å². The first-order chi connectivity index (χ1) is 13.0. The molecule has 1 N–H and O–H groups in total. The molecule has 0 aliphatic carbocycles. The highest BCUT2D eigenvalue weighted by Crippen LogP contribution is 2.16. The van der Waals surface area contributed by atoms with Gasteiger partial charge in [0.25, 0.3) is 5.91 Å². The third kappa shape index (κ3) is 6.75. The summed E-state index contributed by atoms with van der Waals surface area (Å²) in [5.41, 5.74) is 2.25. The molecule has 2 rings (SSSR count). The molecule has 144 valence electrons. The number of aryl methyl sites for hydroxylation is 1. The lowest BCUT2D eigenvalue weighted by atomic mass is 10.1. The van der Waals surface area contributed by atoms with Crippen molar-refractivity contribution in [3.8, 4) is 5.75 Å². The van der Waals surface area contributed by atoms with Gasteiger partial charge in [-0.25, -0.2) is 0 Å². The molecule has 2 aromatic carbocycles. The van der Waals surface area contributed by atoms with E-state index in [4.69, 9.17) is 9.47 Å². The van der Waals surface area contributed by atoms with E-state index in [1.54, 1.807) is 50.4 Å². The molecule has 27 heavy (non-hydrogen) atoms. The van der Waals surface area contributed by atoms with E-state index in [0.29, 0.717) is 43.1 Å². The molecule has 0 aliphatic rings. The Morgan fingerprint density at radius 2 is 1.78 bits per heavy atom. The van der Waals surface area contributed by atoms with Gasteiger partial charge in [-0.05, 0) is 48.4 Å². The number of rotatable bonds is 9. The van der Waals surface area contributed by atoms with E-state index in [2.05, 4.69) is 5.32 Å². The van der Waals surface area contributed by atoms with Crippen molar-refractivity contribution < 1.29 is 19.1 Å². The number of nitrogens with zero attached hydrogens (tertiary/aromatic N) is 1. The average molecular weight is 370 g/mol. The lowest BCUT2D eigenvalue weighted by Gasteiger charge is -2.11. The van der Waals surface area contributed by atoms with Crippen LogP contribution < -0.4 is 10.1 Å². The molecule has 0 spiro atoms. The largest absolute Gasteiger partial charge is 0.491 e. The van der Waals surface area contributed by atoms with Crippen LogP contribution in [-0.4, -0.2) is 51.1 Å². The Hall–Kier alpha value is -2.86. The van der Waals surface area contributed by atoms with Crippen molar-refractivity contribution in [2.24, 2.45) is 0 Å². The molecule has 0 bridgehead atoms. The van der Waals surface area contributed by atoms with Crippen LogP contribution in [0.1, 0.15) is 22.3 Å². The normalized spacial score (nSPS) is 10.3. The molecule has 0 aliphatic heterocycles. The monoisotopic (exact) mass is 370 g/mol. The molecule has 0 aromatic heterocycles. The smallest absolute Gasteiger partial charge is 0.255 e.